The number of hydrogen-bond acceptors (Lipinski definition) is 4. The molecule has 0 aliphatic carbocycles. The number of rotatable bonds is 7. The molecule has 5 nitrogen and oxygen atoms in total. The van der Waals surface area contributed by atoms with Crippen LogP contribution in [0.3, 0.4) is 0 Å². The van der Waals surface area contributed by atoms with Gasteiger partial charge in [-0.05, 0) is 44.1 Å². The molecule has 2 heterocycles. The predicted octanol–water partition coefficient (Wildman–Crippen LogP) is 2.27. The minimum Gasteiger partial charge on any atom is -0.492 e. The van der Waals surface area contributed by atoms with Crippen molar-refractivity contribution in [3.63, 3.8) is 0 Å². The van der Waals surface area contributed by atoms with Crippen LogP contribution in [0, 0.1) is 5.82 Å². The molecule has 0 amide bonds. The number of nitrogens with zero attached hydrogens (tertiary/aromatic N) is 3. The lowest BCUT2D eigenvalue weighted by Crippen LogP contribution is -2.36. The molecule has 0 saturated carbocycles. The fourth-order valence-electron chi connectivity index (χ4n) is 3.27. The molecule has 1 N–H and O–H groups in total. The summed E-state index contributed by atoms with van der Waals surface area (Å²) in [5, 5.41) is 13.4. The van der Waals surface area contributed by atoms with Gasteiger partial charge in [0.15, 0.2) is 0 Å². The van der Waals surface area contributed by atoms with Gasteiger partial charge in [-0.2, -0.15) is 5.10 Å². The smallest absolute Gasteiger partial charge is 0.126 e. The van der Waals surface area contributed by atoms with Gasteiger partial charge in [-0.15, -0.1) is 0 Å². The number of benzene rings is 1. The van der Waals surface area contributed by atoms with Crippen LogP contribution < -0.4 is 4.74 Å². The number of ether oxygens (including phenoxy) is 1. The van der Waals surface area contributed by atoms with Crippen LogP contribution in [0.15, 0.2) is 36.5 Å². The summed E-state index contributed by atoms with van der Waals surface area (Å²) in [5.74, 6) is 0.810. The SMILES string of the molecule is OCCn1nccc1C1CCN(CCOc2cccc(F)c2)CC1. The van der Waals surface area contributed by atoms with Crippen molar-refractivity contribution >= 4 is 0 Å². The lowest BCUT2D eigenvalue weighted by molar-refractivity contribution is 0.170. The molecule has 0 atom stereocenters. The van der Waals surface area contributed by atoms with Crippen molar-refractivity contribution in [1.29, 1.82) is 0 Å². The maximum atomic E-state index is 13.1. The van der Waals surface area contributed by atoms with Crippen molar-refractivity contribution < 1.29 is 14.2 Å². The molecule has 0 spiro atoms. The number of likely N-dealkylation sites (tertiary alicyclic amines) is 1. The van der Waals surface area contributed by atoms with Crippen LogP contribution in [0.4, 0.5) is 4.39 Å². The molecule has 1 aromatic heterocycles. The summed E-state index contributed by atoms with van der Waals surface area (Å²) >= 11 is 0. The third-order valence-electron chi connectivity index (χ3n) is 4.54. The minimum atomic E-state index is -0.271. The zero-order chi connectivity index (χ0) is 16.8. The van der Waals surface area contributed by atoms with Crippen LogP contribution in [-0.4, -0.2) is 52.6 Å². The first kappa shape index (κ1) is 16.9. The van der Waals surface area contributed by atoms with Gasteiger partial charge in [0.2, 0.25) is 0 Å². The van der Waals surface area contributed by atoms with Crippen LogP contribution in [0.1, 0.15) is 24.5 Å². The Balaban J connectivity index is 1.43. The van der Waals surface area contributed by atoms with Gasteiger partial charge in [0.1, 0.15) is 18.2 Å². The second-order valence-electron chi connectivity index (χ2n) is 6.12. The molecule has 1 aliphatic heterocycles. The highest BCUT2D eigenvalue weighted by molar-refractivity contribution is 5.22. The van der Waals surface area contributed by atoms with Crippen LogP contribution in [0.25, 0.3) is 0 Å². The predicted molar refractivity (Wildman–Crippen MR) is 89.6 cm³/mol. The Bertz CT molecular complexity index is 639. The molecular formula is C18H24FN3O2. The van der Waals surface area contributed by atoms with E-state index < -0.39 is 0 Å². The Labute approximate surface area is 141 Å². The largest absolute Gasteiger partial charge is 0.492 e. The molecule has 6 heteroatoms. The Kier molecular flexibility index (Phi) is 5.82. The zero-order valence-electron chi connectivity index (χ0n) is 13.8. The van der Waals surface area contributed by atoms with Gasteiger partial charge in [0.25, 0.3) is 0 Å². The average molecular weight is 333 g/mol. The van der Waals surface area contributed by atoms with E-state index in [0.717, 1.165) is 32.5 Å². The summed E-state index contributed by atoms with van der Waals surface area (Å²) in [4.78, 5) is 2.38. The number of hydrogen-bond donors (Lipinski definition) is 1. The molecule has 0 radical (unpaired) electrons. The Morgan fingerprint density at radius 3 is 2.79 bits per heavy atom. The second kappa shape index (κ2) is 8.26. The molecular weight excluding hydrogens is 309 g/mol. The van der Waals surface area contributed by atoms with E-state index >= 15 is 0 Å². The quantitative estimate of drug-likeness (QED) is 0.844. The topological polar surface area (TPSA) is 50.5 Å². The van der Waals surface area contributed by atoms with Crippen molar-refractivity contribution in [1.82, 2.24) is 14.7 Å². The molecule has 2 aromatic rings. The van der Waals surface area contributed by atoms with Crippen LogP contribution in [0.5, 0.6) is 5.75 Å². The fraction of sp³-hybridized carbons (Fsp3) is 0.500. The molecule has 1 saturated heterocycles. The van der Waals surface area contributed by atoms with Crippen LogP contribution >= 0.6 is 0 Å². The van der Waals surface area contributed by atoms with Crippen LogP contribution in [-0.2, 0) is 6.54 Å². The molecule has 1 aromatic carbocycles. The van der Waals surface area contributed by atoms with E-state index in [4.69, 9.17) is 9.84 Å². The summed E-state index contributed by atoms with van der Waals surface area (Å²) in [6, 6.07) is 8.32. The lowest BCUT2D eigenvalue weighted by atomic mass is 9.93. The Hall–Kier alpha value is -1.92. The van der Waals surface area contributed by atoms with Gasteiger partial charge >= 0.3 is 0 Å². The van der Waals surface area contributed by atoms with Crippen molar-refractivity contribution in [2.45, 2.75) is 25.3 Å². The van der Waals surface area contributed by atoms with Crippen molar-refractivity contribution in [3.05, 3.63) is 48.0 Å². The number of aliphatic hydroxyl groups excluding tert-OH is 1. The van der Waals surface area contributed by atoms with E-state index in [1.54, 1.807) is 12.1 Å². The van der Waals surface area contributed by atoms with Gasteiger partial charge < -0.3 is 9.84 Å². The molecule has 1 aliphatic rings. The van der Waals surface area contributed by atoms with Crippen molar-refractivity contribution in [2.24, 2.45) is 0 Å². The monoisotopic (exact) mass is 333 g/mol. The number of aliphatic hydroxyl groups is 1. The minimum absolute atomic E-state index is 0.116. The third kappa shape index (κ3) is 4.33. The summed E-state index contributed by atoms with van der Waals surface area (Å²) in [5.41, 5.74) is 1.22. The first-order chi connectivity index (χ1) is 11.8. The number of halogens is 1. The van der Waals surface area contributed by atoms with E-state index in [9.17, 15) is 4.39 Å². The molecule has 1 fully saturated rings. The Morgan fingerprint density at radius 1 is 1.21 bits per heavy atom. The molecule has 24 heavy (non-hydrogen) atoms. The highest BCUT2D eigenvalue weighted by Gasteiger charge is 2.23. The molecule has 0 bridgehead atoms. The van der Waals surface area contributed by atoms with Crippen molar-refractivity contribution in [3.8, 4) is 5.75 Å². The standard InChI is InChI=1S/C18H24FN3O2/c19-16-2-1-3-17(14-16)24-13-11-21-8-5-15(6-9-21)18-4-7-20-22(18)10-12-23/h1-4,7,14-15,23H,5-6,8-13H2. The second-order valence-corrected chi connectivity index (χ2v) is 6.12. The van der Waals surface area contributed by atoms with Gasteiger partial charge in [0.05, 0.1) is 13.2 Å². The highest BCUT2D eigenvalue weighted by Crippen LogP contribution is 2.27. The molecule has 3 rings (SSSR count). The van der Waals surface area contributed by atoms with E-state index in [1.807, 2.05) is 10.9 Å². The normalized spacial score (nSPS) is 16.4. The van der Waals surface area contributed by atoms with Crippen molar-refractivity contribution in [2.75, 3.05) is 32.8 Å². The van der Waals surface area contributed by atoms with E-state index in [0.29, 0.717) is 24.8 Å². The highest BCUT2D eigenvalue weighted by atomic mass is 19.1. The van der Waals surface area contributed by atoms with E-state index in [1.165, 1.54) is 17.8 Å². The number of aromatic nitrogens is 2. The summed E-state index contributed by atoms with van der Waals surface area (Å²) in [6.45, 7) is 4.12. The van der Waals surface area contributed by atoms with Gasteiger partial charge in [-0.3, -0.25) is 9.58 Å². The lowest BCUT2D eigenvalue weighted by Gasteiger charge is -2.32. The first-order valence-corrected chi connectivity index (χ1v) is 8.49. The maximum absolute atomic E-state index is 13.1. The fourth-order valence-corrected chi connectivity index (χ4v) is 3.27. The van der Waals surface area contributed by atoms with E-state index in [-0.39, 0.29) is 12.4 Å². The number of piperidine rings is 1. The first-order valence-electron chi connectivity index (χ1n) is 8.49. The zero-order valence-corrected chi connectivity index (χ0v) is 13.8. The summed E-state index contributed by atoms with van der Waals surface area (Å²) in [6.07, 6.45) is 3.97. The third-order valence-corrected chi connectivity index (χ3v) is 4.54. The maximum Gasteiger partial charge on any atom is 0.126 e. The van der Waals surface area contributed by atoms with Gasteiger partial charge in [0, 0.05) is 30.4 Å². The molecule has 0 unspecified atom stereocenters. The molecule has 130 valence electrons. The average Bonchev–Trinajstić information content (AvgIpc) is 3.04. The van der Waals surface area contributed by atoms with Crippen LogP contribution in [0.2, 0.25) is 0 Å². The van der Waals surface area contributed by atoms with Gasteiger partial charge in [-0.1, -0.05) is 6.07 Å². The van der Waals surface area contributed by atoms with Gasteiger partial charge in [-0.25, -0.2) is 4.39 Å². The summed E-state index contributed by atoms with van der Waals surface area (Å²) in [7, 11) is 0. The Morgan fingerprint density at radius 2 is 2.04 bits per heavy atom. The summed E-state index contributed by atoms with van der Waals surface area (Å²) < 4.78 is 20.6. The van der Waals surface area contributed by atoms with E-state index in [2.05, 4.69) is 16.1 Å².